The molecule has 2 atom stereocenters. The molecule has 0 spiro atoms. The highest BCUT2D eigenvalue weighted by Crippen LogP contribution is 2.33. The van der Waals surface area contributed by atoms with Crippen molar-refractivity contribution in [2.24, 2.45) is 0 Å². The number of aliphatic hydroxyl groups is 1. The molecular formula is C17H27NO2. The first-order valence-electron chi connectivity index (χ1n) is 7.67. The van der Waals surface area contributed by atoms with Crippen LogP contribution in [0.5, 0.6) is 5.75 Å². The second-order valence-corrected chi connectivity index (χ2v) is 6.19. The lowest BCUT2D eigenvalue weighted by molar-refractivity contribution is 0.0753. The number of fused-ring (bicyclic) bond motifs is 1. The Morgan fingerprint density at radius 3 is 2.70 bits per heavy atom. The van der Waals surface area contributed by atoms with Gasteiger partial charge in [-0.3, -0.25) is 0 Å². The number of aryl methyl sites for hydroxylation is 2. The van der Waals surface area contributed by atoms with Crippen molar-refractivity contribution in [2.75, 3.05) is 6.61 Å². The molecule has 0 aliphatic heterocycles. The van der Waals surface area contributed by atoms with Crippen molar-refractivity contribution in [1.29, 1.82) is 0 Å². The lowest BCUT2D eigenvalue weighted by atomic mass is 10.1. The Bertz CT molecular complexity index is 457. The van der Waals surface area contributed by atoms with Crippen LogP contribution in [0.1, 0.15) is 43.9 Å². The molecule has 1 aromatic carbocycles. The number of aliphatic hydroxyl groups excluding tert-OH is 1. The van der Waals surface area contributed by atoms with Gasteiger partial charge in [0.2, 0.25) is 0 Å². The fraction of sp³-hybridized carbons (Fsp3) is 0.647. The predicted molar refractivity (Wildman–Crippen MR) is 82.4 cm³/mol. The van der Waals surface area contributed by atoms with E-state index < -0.39 is 6.10 Å². The van der Waals surface area contributed by atoms with Gasteiger partial charge in [-0.05, 0) is 49.8 Å². The molecule has 2 rings (SSSR count). The zero-order valence-electron chi connectivity index (χ0n) is 13.1. The van der Waals surface area contributed by atoms with E-state index in [0.29, 0.717) is 12.6 Å². The van der Waals surface area contributed by atoms with E-state index in [-0.39, 0.29) is 6.04 Å². The standard InChI is InChI=1S/C17H27NO2/c1-11(2)18-13(4)16(19)10-20-17-12(3)8-9-14-6-5-7-15(14)17/h8-9,11,13,16,18-19H,5-7,10H2,1-4H3. The first kappa shape index (κ1) is 15.3. The van der Waals surface area contributed by atoms with Crippen molar-refractivity contribution < 1.29 is 9.84 Å². The molecule has 2 unspecified atom stereocenters. The molecule has 0 fully saturated rings. The molecule has 0 radical (unpaired) electrons. The fourth-order valence-electron chi connectivity index (χ4n) is 2.90. The average Bonchev–Trinajstić information content (AvgIpc) is 2.84. The van der Waals surface area contributed by atoms with Crippen molar-refractivity contribution in [1.82, 2.24) is 5.32 Å². The third-order valence-electron chi connectivity index (χ3n) is 4.00. The average molecular weight is 277 g/mol. The van der Waals surface area contributed by atoms with E-state index in [4.69, 9.17) is 4.74 Å². The van der Waals surface area contributed by atoms with Gasteiger partial charge in [-0.25, -0.2) is 0 Å². The second-order valence-electron chi connectivity index (χ2n) is 6.19. The number of hydrogen-bond acceptors (Lipinski definition) is 3. The van der Waals surface area contributed by atoms with E-state index in [2.05, 4.69) is 38.2 Å². The van der Waals surface area contributed by atoms with Gasteiger partial charge >= 0.3 is 0 Å². The van der Waals surface area contributed by atoms with Gasteiger partial charge in [0, 0.05) is 12.1 Å². The van der Waals surface area contributed by atoms with E-state index >= 15 is 0 Å². The minimum atomic E-state index is -0.492. The van der Waals surface area contributed by atoms with E-state index in [1.807, 2.05) is 6.92 Å². The highest BCUT2D eigenvalue weighted by atomic mass is 16.5. The van der Waals surface area contributed by atoms with Crippen LogP contribution in [0.15, 0.2) is 12.1 Å². The van der Waals surface area contributed by atoms with Gasteiger partial charge in [0.1, 0.15) is 18.5 Å². The smallest absolute Gasteiger partial charge is 0.125 e. The second kappa shape index (κ2) is 6.59. The van der Waals surface area contributed by atoms with Crippen molar-refractivity contribution in [3.63, 3.8) is 0 Å². The maximum atomic E-state index is 10.2. The summed E-state index contributed by atoms with van der Waals surface area (Å²) in [7, 11) is 0. The molecule has 20 heavy (non-hydrogen) atoms. The molecule has 2 N–H and O–H groups in total. The van der Waals surface area contributed by atoms with Crippen LogP contribution in [0, 0.1) is 6.92 Å². The molecular weight excluding hydrogens is 250 g/mol. The first-order chi connectivity index (χ1) is 9.49. The van der Waals surface area contributed by atoms with Crippen LogP contribution in [-0.4, -0.2) is 29.9 Å². The van der Waals surface area contributed by atoms with E-state index in [1.54, 1.807) is 0 Å². The maximum absolute atomic E-state index is 10.2. The van der Waals surface area contributed by atoms with Crippen LogP contribution >= 0.6 is 0 Å². The molecule has 0 amide bonds. The number of hydrogen-bond donors (Lipinski definition) is 2. The molecule has 1 aromatic rings. The van der Waals surface area contributed by atoms with E-state index in [1.165, 1.54) is 23.1 Å². The summed E-state index contributed by atoms with van der Waals surface area (Å²) in [6, 6.07) is 4.74. The van der Waals surface area contributed by atoms with Gasteiger partial charge in [-0.2, -0.15) is 0 Å². The Labute approximate surface area is 122 Å². The highest BCUT2D eigenvalue weighted by molar-refractivity contribution is 5.48. The quantitative estimate of drug-likeness (QED) is 0.840. The molecule has 3 heteroatoms. The van der Waals surface area contributed by atoms with Crippen molar-refractivity contribution >= 4 is 0 Å². The van der Waals surface area contributed by atoms with Crippen LogP contribution < -0.4 is 10.1 Å². The summed E-state index contributed by atoms with van der Waals surface area (Å²) in [6.45, 7) is 8.58. The zero-order valence-corrected chi connectivity index (χ0v) is 13.1. The van der Waals surface area contributed by atoms with E-state index in [9.17, 15) is 5.11 Å². The minimum Gasteiger partial charge on any atom is -0.490 e. The molecule has 1 aliphatic rings. The summed E-state index contributed by atoms with van der Waals surface area (Å²) in [5.41, 5.74) is 3.93. The summed E-state index contributed by atoms with van der Waals surface area (Å²) >= 11 is 0. The van der Waals surface area contributed by atoms with Crippen LogP contribution in [0.3, 0.4) is 0 Å². The van der Waals surface area contributed by atoms with Crippen molar-refractivity contribution in [3.05, 3.63) is 28.8 Å². The lowest BCUT2D eigenvalue weighted by Crippen LogP contribution is -2.43. The summed E-state index contributed by atoms with van der Waals surface area (Å²) in [5, 5.41) is 13.5. The maximum Gasteiger partial charge on any atom is 0.125 e. The molecule has 0 bridgehead atoms. The SMILES string of the molecule is Cc1ccc2c(c1OCC(O)C(C)NC(C)C)CCC2. The van der Waals surface area contributed by atoms with Crippen molar-refractivity contribution in [3.8, 4) is 5.75 Å². The number of benzene rings is 1. The Kier molecular flexibility index (Phi) is 5.06. The first-order valence-corrected chi connectivity index (χ1v) is 7.67. The molecule has 1 aliphatic carbocycles. The summed E-state index contributed by atoms with van der Waals surface area (Å²) in [6.07, 6.45) is 2.97. The van der Waals surface area contributed by atoms with Gasteiger partial charge in [0.05, 0.1) is 0 Å². The number of rotatable bonds is 6. The summed E-state index contributed by atoms with van der Waals surface area (Å²) in [4.78, 5) is 0. The van der Waals surface area contributed by atoms with Gasteiger partial charge < -0.3 is 15.2 Å². The van der Waals surface area contributed by atoms with Crippen molar-refractivity contribution in [2.45, 2.75) is 65.1 Å². The summed E-state index contributed by atoms with van der Waals surface area (Å²) < 4.78 is 5.95. The Balaban J connectivity index is 1.99. The molecule has 0 saturated carbocycles. The molecule has 3 nitrogen and oxygen atoms in total. The predicted octanol–water partition coefficient (Wildman–Crippen LogP) is 2.61. The highest BCUT2D eigenvalue weighted by Gasteiger charge is 2.20. The van der Waals surface area contributed by atoms with Gasteiger partial charge in [-0.1, -0.05) is 26.0 Å². The fourth-order valence-corrected chi connectivity index (χ4v) is 2.90. The van der Waals surface area contributed by atoms with Crippen LogP contribution in [0.25, 0.3) is 0 Å². The Morgan fingerprint density at radius 1 is 1.25 bits per heavy atom. The summed E-state index contributed by atoms with van der Waals surface area (Å²) in [5.74, 6) is 0.996. The van der Waals surface area contributed by atoms with Crippen LogP contribution in [-0.2, 0) is 12.8 Å². The number of nitrogens with one attached hydrogen (secondary N) is 1. The minimum absolute atomic E-state index is 0.0343. The van der Waals surface area contributed by atoms with E-state index in [0.717, 1.165) is 18.6 Å². The topological polar surface area (TPSA) is 41.5 Å². The third-order valence-corrected chi connectivity index (χ3v) is 4.00. The Morgan fingerprint density at radius 2 is 2.00 bits per heavy atom. The molecule has 0 aromatic heterocycles. The largest absolute Gasteiger partial charge is 0.490 e. The number of ether oxygens (including phenoxy) is 1. The van der Waals surface area contributed by atoms with Crippen LogP contribution in [0.4, 0.5) is 0 Å². The monoisotopic (exact) mass is 277 g/mol. The van der Waals surface area contributed by atoms with Gasteiger partial charge in [0.25, 0.3) is 0 Å². The van der Waals surface area contributed by atoms with Gasteiger partial charge in [-0.15, -0.1) is 0 Å². The normalized spacial score (nSPS) is 17.1. The molecule has 0 saturated heterocycles. The third kappa shape index (κ3) is 3.53. The van der Waals surface area contributed by atoms with Crippen LogP contribution in [0.2, 0.25) is 0 Å². The Hall–Kier alpha value is -1.06. The van der Waals surface area contributed by atoms with Gasteiger partial charge in [0.15, 0.2) is 0 Å². The molecule has 112 valence electrons. The zero-order chi connectivity index (χ0) is 14.7. The molecule has 0 heterocycles. The lowest BCUT2D eigenvalue weighted by Gasteiger charge is -2.23.